The highest BCUT2D eigenvalue weighted by Crippen LogP contribution is 2.29. The van der Waals surface area contributed by atoms with Crippen LogP contribution in [0.4, 0.5) is 5.82 Å². The molecule has 2 aliphatic rings. The smallest absolute Gasteiger partial charge is 0.257 e. The summed E-state index contributed by atoms with van der Waals surface area (Å²) < 4.78 is 5.27. The minimum atomic E-state index is 0.0451. The van der Waals surface area contributed by atoms with Gasteiger partial charge in [-0.25, -0.2) is 4.98 Å². The van der Waals surface area contributed by atoms with E-state index in [1.165, 1.54) is 0 Å². The third-order valence-corrected chi connectivity index (χ3v) is 4.79. The van der Waals surface area contributed by atoms with Gasteiger partial charge in [0.25, 0.3) is 5.91 Å². The molecule has 126 valence electrons. The molecule has 7 heteroatoms. The highest BCUT2D eigenvalue weighted by molar-refractivity contribution is 5.99. The summed E-state index contributed by atoms with van der Waals surface area (Å²) >= 11 is 0. The normalized spacial score (nSPS) is 20.8. The van der Waals surface area contributed by atoms with Crippen LogP contribution < -0.4 is 4.90 Å². The fraction of sp³-hybridized carbons (Fsp3) is 0.529. The number of aromatic nitrogens is 3. The molecule has 1 atom stereocenters. The summed E-state index contributed by atoms with van der Waals surface area (Å²) in [7, 11) is 0. The average Bonchev–Trinajstić information content (AvgIpc) is 3.35. The van der Waals surface area contributed by atoms with Crippen molar-refractivity contribution in [3.8, 4) is 0 Å². The number of carbonyl (C=O) groups excluding carboxylic acids is 1. The van der Waals surface area contributed by atoms with Gasteiger partial charge in [-0.15, -0.1) is 0 Å². The zero-order valence-corrected chi connectivity index (χ0v) is 13.8. The lowest BCUT2D eigenvalue weighted by Gasteiger charge is -2.22. The average molecular weight is 327 g/mol. The molecule has 0 saturated carbocycles. The Balaban J connectivity index is 1.52. The second-order valence-electron chi connectivity index (χ2n) is 6.49. The maximum Gasteiger partial charge on any atom is 0.257 e. The zero-order chi connectivity index (χ0) is 16.5. The first-order chi connectivity index (χ1) is 11.7. The van der Waals surface area contributed by atoms with Gasteiger partial charge in [-0.3, -0.25) is 4.79 Å². The van der Waals surface area contributed by atoms with Crippen LogP contribution in [0.3, 0.4) is 0 Å². The van der Waals surface area contributed by atoms with Crippen molar-refractivity contribution in [3.05, 3.63) is 35.6 Å². The first-order valence-corrected chi connectivity index (χ1v) is 8.52. The lowest BCUT2D eigenvalue weighted by Crippen LogP contribution is -2.31. The van der Waals surface area contributed by atoms with Crippen molar-refractivity contribution in [2.75, 3.05) is 31.1 Å². The van der Waals surface area contributed by atoms with E-state index in [-0.39, 0.29) is 11.8 Å². The third kappa shape index (κ3) is 2.74. The van der Waals surface area contributed by atoms with E-state index in [9.17, 15) is 4.79 Å². The lowest BCUT2D eigenvalue weighted by atomic mass is 10.1. The van der Waals surface area contributed by atoms with Crippen LogP contribution >= 0.6 is 0 Å². The largest absolute Gasteiger partial charge is 0.356 e. The molecule has 0 spiro atoms. The van der Waals surface area contributed by atoms with Crippen molar-refractivity contribution in [1.29, 1.82) is 0 Å². The molecular formula is C17H21N5O2. The molecular weight excluding hydrogens is 306 g/mol. The molecule has 2 aromatic rings. The topological polar surface area (TPSA) is 75.4 Å². The summed E-state index contributed by atoms with van der Waals surface area (Å²) in [6, 6.07) is 3.72. The monoisotopic (exact) mass is 327 g/mol. The van der Waals surface area contributed by atoms with Gasteiger partial charge in [-0.05, 0) is 38.3 Å². The molecule has 0 N–H and O–H groups in total. The van der Waals surface area contributed by atoms with Crippen LogP contribution in [0, 0.1) is 6.92 Å². The molecule has 24 heavy (non-hydrogen) atoms. The Morgan fingerprint density at radius 1 is 1.29 bits per heavy atom. The van der Waals surface area contributed by atoms with E-state index in [0.717, 1.165) is 38.2 Å². The van der Waals surface area contributed by atoms with Crippen molar-refractivity contribution in [2.24, 2.45) is 0 Å². The van der Waals surface area contributed by atoms with E-state index in [1.807, 2.05) is 24.0 Å². The van der Waals surface area contributed by atoms with Gasteiger partial charge < -0.3 is 14.3 Å². The molecule has 0 aromatic carbocycles. The van der Waals surface area contributed by atoms with Crippen LogP contribution in [-0.4, -0.2) is 52.1 Å². The molecule has 0 bridgehead atoms. The molecule has 0 aliphatic carbocycles. The predicted molar refractivity (Wildman–Crippen MR) is 88.0 cm³/mol. The van der Waals surface area contributed by atoms with E-state index in [1.54, 1.807) is 6.20 Å². The fourth-order valence-corrected chi connectivity index (χ4v) is 3.54. The Morgan fingerprint density at radius 2 is 2.12 bits per heavy atom. The second-order valence-corrected chi connectivity index (χ2v) is 6.49. The quantitative estimate of drug-likeness (QED) is 0.858. The summed E-state index contributed by atoms with van der Waals surface area (Å²) in [6.45, 7) is 5.08. The number of carbonyl (C=O) groups is 1. The highest BCUT2D eigenvalue weighted by atomic mass is 16.5. The summed E-state index contributed by atoms with van der Waals surface area (Å²) in [6.07, 6.45) is 4.93. The third-order valence-electron chi connectivity index (χ3n) is 4.79. The summed E-state index contributed by atoms with van der Waals surface area (Å²) in [5.74, 6) is 2.26. The van der Waals surface area contributed by atoms with Crippen LogP contribution in [0.1, 0.15) is 47.3 Å². The van der Waals surface area contributed by atoms with E-state index in [2.05, 4.69) is 20.0 Å². The molecule has 1 amide bonds. The first kappa shape index (κ1) is 15.1. The molecule has 2 saturated heterocycles. The van der Waals surface area contributed by atoms with Gasteiger partial charge in [0.05, 0.1) is 11.5 Å². The number of pyridine rings is 1. The van der Waals surface area contributed by atoms with Crippen LogP contribution in [0.15, 0.2) is 22.9 Å². The Morgan fingerprint density at radius 3 is 2.88 bits per heavy atom. The second kappa shape index (κ2) is 6.22. The first-order valence-electron chi connectivity index (χ1n) is 8.52. The van der Waals surface area contributed by atoms with Crippen molar-refractivity contribution < 1.29 is 9.32 Å². The van der Waals surface area contributed by atoms with E-state index < -0.39 is 0 Å². The number of amides is 1. The summed E-state index contributed by atoms with van der Waals surface area (Å²) in [4.78, 5) is 25.9. The van der Waals surface area contributed by atoms with Crippen molar-refractivity contribution >= 4 is 11.7 Å². The van der Waals surface area contributed by atoms with Gasteiger partial charge in [-0.1, -0.05) is 5.16 Å². The molecule has 2 aliphatic heterocycles. The van der Waals surface area contributed by atoms with Gasteiger partial charge in [0, 0.05) is 32.4 Å². The maximum atomic E-state index is 13.0. The summed E-state index contributed by atoms with van der Waals surface area (Å²) in [5, 5.41) is 3.85. The Labute approximate surface area is 140 Å². The molecule has 4 rings (SSSR count). The molecule has 4 heterocycles. The Kier molecular flexibility index (Phi) is 3.92. The van der Waals surface area contributed by atoms with E-state index in [0.29, 0.717) is 30.4 Å². The maximum absolute atomic E-state index is 13.0. The number of nitrogens with zero attached hydrogens (tertiary/aromatic N) is 5. The van der Waals surface area contributed by atoms with Crippen molar-refractivity contribution in [1.82, 2.24) is 20.0 Å². The van der Waals surface area contributed by atoms with Gasteiger partial charge in [0.15, 0.2) is 5.82 Å². The molecule has 0 unspecified atom stereocenters. The van der Waals surface area contributed by atoms with E-state index in [4.69, 9.17) is 4.52 Å². The minimum absolute atomic E-state index is 0.0451. The van der Waals surface area contributed by atoms with Crippen LogP contribution in [0.2, 0.25) is 0 Å². The summed E-state index contributed by atoms with van der Waals surface area (Å²) in [5.41, 5.74) is 0.696. The van der Waals surface area contributed by atoms with Gasteiger partial charge in [0.2, 0.25) is 5.89 Å². The number of likely N-dealkylation sites (tertiary alicyclic amines) is 1. The fourth-order valence-electron chi connectivity index (χ4n) is 3.54. The molecule has 0 radical (unpaired) electrons. The van der Waals surface area contributed by atoms with Crippen molar-refractivity contribution in [3.63, 3.8) is 0 Å². The minimum Gasteiger partial charge on any atom is -0.356 e. The highest BCUT2D eigenvalue weighted by Gasteiger charge is 2.33. The van der Waals surface area contributed by atoms with Crippen LogP contribution in [0.25, 0.3) is 0 Å². The predicted octanol–water partition coefficient (Wildman–Crippen LogP) is 2.00. The van der Waals surface area contributed by atoms with Crippen LogP contribution in [0.5, 0.6) is 0 Å². The Hall–Kier alpha value is -2.44. The number of aryl methyl sites for hydroxylation is 1. The van der Waals surface area contributed by atoms with Crippen LogP contribution in [-0.2, 0) is 0 Å². The Bertz CT molecular complexity index is 738. The van der Waals surface area contributed by atoms with Crippen molar-refractivity contribution in [2.45, 2.75) is 32.1 Å². The van der Waals surface area contributed by atoms with Gasteiger partial charge >= 0.3 is 0 Å². The number of anilines is 1. The van der Waals surface area contributed by atoms with Gasteiger partial charge in [-0.2, -0.15) is 4.98 Å². The number of hydrogen-bond donors (Lipinski definition) is 0. The number of rotatable bonds is 3. The number of hydrogen-bond acceptors (Lipinski definition) is 6. The lowest BCUT2D eigenvalue weighted by molar-refractivity contribution is 0.0790. The van der Waals surface area contributed by atoms with Gasteiger partial charge in [0.1, 0.15) is 5.82 Å². The molecule has 7 nitrogen and oxygen atoms in total. The molecule has 2 fully saturated rings. The zero-order valence-electron chi connectivity index (χ0n) is 13.8. The standard InChI is InChI=1S/C17H21N5O2/c1-12-19-16(24-20-12)13-6-10-22(11-13)17(23)14-5-4-7-18-15(14)21-8-2-3-9-21/h4-5,7,13H,2-3,6,8-11H2,1H3/t13-/m0/s1. The SMILES string of the molecule is Cc1noc([C@H]2CCN(C(=O)c3cccnc3N3CCCC3)C2)n1. The van der Waals surface area contributed by atoms with E-state index >= 15 is 0 Å². The molecule has 2 aromatic heterocycles.